The number of hydrogen-bond acceptors (Lipinski definition) is 4. The second-order valence-electron chi connectivity index (χ2n) is 4.02. The fourth-order valence-electron chi connectivity index (χ4n) is 1.57. The Morgan fingerprint density at radius 2 is 2.05 bits per heavy atom. The molecule has 0 aliphatic heterocycles. The third kappa shape index (κ3) is 3.79. The van der Waals surface area contributed by atoms with E-state index in [1.165, 1.54) is 6.08 Å². The van der Waals surface area contributed by atoms with Gasteiger partial charge in [0.05, 0.1) is 0 Å². The minimum Gasteiger partial charge on any atom is -0.457 e. The average Bonchev–Trinajstić information content (AvgIpc) is 2.52. The summed E-state index contributed by atoms with van der Waals surface area (Å²) in [6.45, 7) is 0.145. The van der Waals surface area contributed by atoms with Crippen LogP contribution in [-0.2, 0) is 16.1 Å². The van der Waals surface area contributed by atoms with Crippen LogP contribution in [0.2, 0.25) is 0 Å². The van der Waals surface area contributed by atoms with E-state index in [1.54, 1.807) is 24.5 Å². The highest BCUT2D eigenvalue weighted by molar-refractivity contribution is 5.97. The summed E-state index contributed by atoms with van der Waals surface area (Å²) in [6.07, 6.45) is 4.65. The van der Waals surface area contributed by atoms with Crippen LogP contribution in [0, 0.1) is 11.3 Å². The van der Waals surface area contributed by atoms with Gasteiger partial charge in [0, 0.05) is 12.4 Å². The van der Waals surface area contributed by atoms with Crippen molar-refractivity contribution in [1.29, 1.82) is 5.26 Å². The van der Waals surface area contributed by atoms with E-state index in [9.17, 15) is 4.79 Å². The number of pyridine rings is 1. The third-order valence-electron chi connectivity index (χ3n) is 2.55. The fourth-order valence-corrected chi connectivity index (χ4v) is 1.57. The zero-order valence-corrected chi connectivity index (χ0v) is 10.7. The average molecular weight is 264 g/mol. The maximum Gasteiger partial charge on any atom is 0.349 e. The topological polar surface area (TPSA) is 63.0 Å². The van der Waals surface area contributed by atoms with Crippen LogP contribution in [0.3, 0.4) is 0 Å². The van der Waals surface area contributed by atoms with Crippen LogP contribution in [0.5, 0.6) is 0 Å². The van der Waals surface area contributed by atoms with E-state index in [4.69, 9.17) is 10.00 Å². The van der Waals surface area contributed by atoms with E-state index in [1.807, 2.05) is 36.4 Å². The Kier molecular flexibility index (Phi) is 4.63. The predicted octanol–water partition coefficient (Wildman–Crippen LogP) is 2.73. The molecular formula is C16H12N2O2. The van der Waals surface area contributed by atoms with Gasteiger partial charge in [0.25, 0.3) is 0 Å². The molecule has 0 atom stereocenters. The number of nitriles is 1. The number of benzene rings is 1. The highest BCUT2D eigenvalue weighted by atomic mass is 16.5. The molecule has 0 aliphatic carbocycles. The highest BCUT2D eigenvalue weighted by Gasteiger charge is 2.10. The van der Waals surface area contributed by atoms with Crippen LogP contribution < -0.4 is 0 Å². The summed E-state index contributed by atoms with van der Waals surface area (Å²) in [5, 5.41) is 9.02. The first kappa shape index (κ1) is 13.5. The molecule has 0 aliphatic rings. The molecular weight excluding hydrogens is 252 g/mol. The molecule has 1 heterocycles. The normalized spacial score (nSPS) is 10.7. The van der Waals surface area contributed by atoms with Crippen molar-refractivity contribution in [3.8, 4) is 6.07 Å². The molecule has 4 nitrogen and oxygen atoms in total. The maximum atomic E-state index is 11.8. The van der Waals surface area contributed by atoms with Crippen molar-refractivity contribution >= 4 is 12.0 Å². The van der Waals surface area contributed by atoms with E-state index < -0.39 is 5.97 Å². The van der Waals surface area contributed by atoms with Crippen molar-refractivity contribution in [3.05, 3.63) is 71.6 Å². The third-order valence-corrected chi connectivity index (χ3v) is 2.55. The summed E-state index contributed by atoms with van der Waals surface area (Å²) in [5.74, 6) is -0.639. The molecule has 0 unspecified atom stereocenters. The minimum atomic E-state index is -0.639. The molecule has 0 bridgehead atoms. The van der Waals surface area contributed by atoms with Gasteiger partial charge in [-0.25, -0.2) is 4.79 Å². The lowest BCUT2D eigenvalue weighted by molar-refractivity contribution is -0.139. The monoisotopic (exact) mass is 264 g/mol. The quantitative estimate of drug-likeness (QED) is 0.484. The van der Waals surface area contributed by atoms with E-state index in [2.05, 4.69) is 4.98 Å². The smallest absolute Gasteiger partial charge is 0.349 e. The van der Waals surface area contributed by atoms with Gasteiger partial charge >= 0.3 is 5.97 Å². The van der Waals surface area contributed by atoms with E-state index >= 15 is 0 Å². The summed E-state index contributed by atoms with van der Waals surface area (Å²) in [6, 6.07) is 14.6. The molecule has 1 aromatic carbocycles. The van der Waals surface area contributed by atoms with Crippen LogP contribution in [-0.4, -0.2) is 11.0 Å². The second kappa shape index (κ2) is 6.86. The second-order valence-corrected chi connectivity index (χ2v) is 4.02. The molecule has 98 valence electrons. The molecule has 0 spiro atoms. The molecule has 0 radical (unpaired) electrons. The number of carbonyl (C=O) groups is 1. The molecule has 20 heavy (non-hydrogen) atoms. The van der Waals surface area contributed by atoms with Crippen molar-refractivity contribution in [2.24, 2.45) is 0 Å². The van der Waals surface area contributed by atoms with Gasteiger partial charge < -0.3 is 4.74 Å². The minimum absolute atomic E-state index is 0.0473. The number of esters is 1. The summed E-state index contributed by atoms with van der Waals surface area (Å²) in [4.78, 5) is 15.7. The number of carbonyl (C=O) groups excluding carboxylic acids is 1. The molecule has 0 amide bonds. The first-order chi connectivity index (χ1) is 9.79. The molecule has 1 aromatic heterocycles. The van der Waals surface area contributed by atoms with Gasteiger partial charge in [0.2, 0.25) is 0 Å². The molecule has 4 heteroatoms. The Labute approximate surface area is 117 Å². The van der Waals surface area contributed by atoms with Gasteiger partial charge in [0.15, 0.2) is 0 Å². The van der Waals surface area contributed by atoms with Crippen molar-refractivity contribution in [2.45, 2.75) is 6.61 Å². The van der Waals surface area contributed by atoms with Gasteiger partial charge in [-0.3, -0.25) is 4.98 Å². The lowest BCUT2D eigenvalue weighted by Gasteiger charge is -2.03. The molecule has 0 fully saturated rings. The van der Waals surface area contributed by atoms with Crippen molar-refractivity contribution in [3.63, 3.8) is 0 Å². The van der Waals surface area contributed by atoms with Crippen molar-refractivity contribution in [2.75, 3.05) is 0 Å². The van der Waals surface area contributed by atoms with Gasteiger partial charge in [0.1, 0.15) is 18.2 Å². The van der Waals surface area contributed by atoms with E-state index in [-0.39, 0.29) is 12.2 Å². The Bertz CT molecular complexity index is 643. The number of aromatic nitrogens is 1. The maximum absolute atomic E-state index is 11.8. The van der Waals surface area contributed by atoms with Crippen molar-refractivity contribution in [1.82, 2.24) is 4.98 Å². The van der Waals surface area contributed by atoms with Crippen molar-refractivity contribution < 1.29 is 9.53 Å². The lowest BCUT2D eigenvalue weighted by Crippen LogP contribution is -2.06. The first-order valence-corrected chi connectivity index (χ1v) is 6.02. The van der Waals surface area contributed by atoms with Crippen LogP contribution >= 0.6 is 0 Å². The van der Waals surface area contributed by atoms with Gasteiger partial charge in [-0.05, 0) is 23.3 Å². The van der Waals surface area contributed by atoms with Crippen LogP contribution in [0.15, 0.2) is 60.4 Å². The Hall–Kier alpha value is -2.93. The predicted molar refractivity (Wildman–Crippen MR) is 74.1 cm³/mol. The summed E-state index contributed by atoms with van der Waals surface area (Å²) in [5.41, 5.74) is 1.51. The Morgan fingerprint density at radius 3 is 2.70 bits per heavy atom. The highest BCUT2D eigenvalue weighted by Crippen LogP contribution is 2.08. The molecule has 2 aromatic rings. The lowest BCUT2D eigenvalue weighted by atomic mass is 10.2. The zero-order chi connectivity index (χ0) is 14.2. The number of rotatable bonds is 4. The fraction of sp³-hybridized carbons (Fsp3) is 0.0625. The number of nitrogens with zero attached hydrogens (tertiary/aromatic N) is 2. The summed E-state index contributed by atoms with van der Waals surface area (Å²) < 4.78 is 5.10. The van der Waals surface area contributed by atoms with Crippen LogP contribution in [0.4, 0.5) is 0 Å². The van der Waals surface area contributed by atoms with Gasteiger partial charge in [-0.15, -0.1) is 0 Å². The van der Waals surface area contributed by atoms with Crippen LogP contribution in [0.1, 0.15) is 11.1 Å². The largest absolute Gasteiger partial charge is 0.457 e. The molecule has 0 saturated heterocycles. The first-order valence-electron chi connectivity index (χ1n) is 6.02. The Morgan fingerprint density at radius 1 is 1.25 bits per heavy atom. The molecule has 0 N–H and O–H groups in total. The van der Waals surface area contributed by atoms with Gasteiger partial charge in [-0.1, -0.05) is 36.4 Å². The van der Waals surface area contributed by atoms with Gasteiger partial charge in [-0.2, -0.15) is 5.26 Å². The van der Waals surface area contributed by atoms with E-state index in [0.29, 0.717) is 5.56 Å². The summed E-state index contributed by atoms with van der Waals surface area (Å²) >= 11 is 0. The molecule has 2 rings (SSSR count). The summed E-state index contributed by atoms with van der Waals surface area (Å²) in [7, 11) is 0. The molecule has 0 saturated carbocycles. The number of hydrogen-bond donors (Lipinski definition) is 0. The van der Waals surface area contributed by atoms with Crippen LogP contribution in [0.25, 0.3) is 6.08 Å². The van der Waals surface area contributed by atoms with E-state index in [0.717, 1.165) is 5.56 Å². The number of ether oxygens (including phenoxy) is 1. The zero-order valence-electron chi connectivity index (χ0n) is 10.7. The SMILES string of the molecule is N#C/C(=C/c1cccnc1)C(=O)OCc1ccccc1. The standard InChI is InChI=1S/C16H12N2O2/c17-10-15(9-14-7-4-8-18-11-14)16(19)20-12-13-5-2-1-3-6-13/h1-9,11H,12H2/b15-9-. The Balaban J connectivity index is 2.03.